The zero-order valence-electron chi connectivity index (χ0n) is 13.3. The first-order valence-electron chi connectivity index (χ1n) is 8.23. The van der Waals surface area contributed by atoms with Crippen LogP contribution in [-0.4, -0.2) is 54.3 Å². The number of thiazole rings is 1. The number of aliphatic hydroxyl groups excluding tert-OH is 1. The Hall–Kier alpha value is -0.880. The second-order valence-electron chi connectivity index (χ2n) is 6.92. The number of fused-ring (bicyclic) bond motifs is 2. The average Bonchev–Trinajstić information content (AvgIpc) is 2.98. The van der Waals surface area contributed by atoms with E-state index < -0.39 is 0 Å². The number of aliphatic hydroxyl groups is 1. The number of anilines is 1. The van der Waals surface area contributed by atoms with Crippen LogP contribution in [0.5, 0.6) is 0 Å². The highest BCUT2D eigenvalue weighted by Gasteiger charge is 2.46. The second-order valence-corrected chi connectivity index (χ2v) is 8.37. The van der Waals surface area contributed by atoms with Crippen molar-refractivity contribution in [1.82, 2.24) is 9.88 Å². The van der Waals surface area contributed by atoms with Crippen molar-refractivity contribution in [2.45, 2.75) is 25.3 Å². The number of halogens is 1. The Morgan fingerprint density at radius 2 is 2.26 bits per heavy atom. The summed E-state index contributed by atoms with van der Waals surface area (Å²) in [6, 6.07) is 6.29. The molecule has 4 nitrogen and oxygen atoms in total. The van der Waals surface area contributed by atoms with Gasteiger partial charge in [0.2, 0.25) is 0 Å². The summed E-state index contributed by atoms with van der Waals surface area (Å²) in [6.45, 7) is 3.34. The fraction of sp³-hybridized carbons (Fsp3) is 0.588. The second kappa shape index (κ2) is 5.88. The summed E-state index contributed by atoms with van der Waals surface area (Å²) in [7, 11) is 2.19. The minimum atomic E-state index is 0.0729. The SMILES string of the molecule is CN1CCC[C@]2(CO)CCN(c3nc4ccc(Cl)cc4s3)C[C@@H]12. The molecule has 0 spiro atoms. The maximum absolute atomic E-state index is 10.0. The van der Waals surface area contributed by atoms with E-state index in [0.29, 0.717) is 12.6 Å². The van der Waals surface area contributed by atoms with E-state index in [4.69, 9.17) is 16.6 Å². The quantitative estimate of drug-likeness (QED) is 0.901. The maximum atomic E-state index is 10.0. The lowest BCUT2D eigenvalue weighted by Gasteiger charge is -2.53. The molecule has 1 aromatic heterocycles. The number of likely N-dealkylation sites (tertiary alicyclic amines) is 1. The van der Waals surface area contributed by atoms with Crippen LogP contribution >= 0.6 is 22.9 Å². The van der Waals surface area contributed by atoms with E-state index >= 15 is 0 Å². The van der Waals surface area contributed by atoms with Gasteiger partial charge in [-0.1, -0.05) is 22.9 Å². The molecule has 2 saturated heterocycles. The van der Waals surface area contributed by atoms with Gasteiger partial charge in [0.15, 0.2) is 5.13 Å². The summed E-state index contributed by atoms with van der Waals surface area (Å²) in [6.07, 6.45) is 3.37. The van der Waals surface area contributed by atoms with Crippen LogP contribution in [0.25, 0.3) is 10.2 Å². The van der Waals surface area contributed by atoms with Gasteiger partial charge in [0.05, 0.1) is 16.8 Å². The van der Waals surface area contributed by atoms with Gasteiger partial charge in [-0.25, -0.2) is 4.98 Å². The lowest BCUT2D eigenvalue weighted by Crippen LogP contribution is -2.61. The molecule has 0 unspecified atom stereocenters. The first-order chi connectivity index (χ1) is 11.1. The van der Waals surface area contributed by atoms with E-state index in [0.717, 1.165) is 52.8 Å². The third-order valence-corrected chi connectivity index (χ3v) is 6.94. The van der Waals surface area contributed by atoms with Crippen molar-refractivity contribution in [2.24, 2.45) is 5.41 Å². The van der Waals surface area contributed by atoms with Gasteiger partial charge in [-0.3, -0.25) is 0 Å². The van der Waals surface area contributed by atoms with Crippen LogP contribution in [0.4, 0.5) is 5.13 Å². The molecule has 0 bridgehead atoms. The molecule has 0 saturated carbocycles. The van der Waals surface area contributed by atoms with E-state index in [-0.39, 0.29) is 5.41 Å². The van der Waals surface area contributed by atoms with E-state index in [1.54, 1.807) is 11.3 Å². The summed E-state index contributed by atoms with van der Waals surface area (Å²) in [5.74, 6) is 0. The van der Waals surface area contributed by atoms with Crippen LogP contribution < -0.4 is 4.90 Å². The van der Waals surface area contributed by atoms with Crippen molar-refractivity contribution in [1.29, 1.82) is 0 Å². The van der Waals surface area contributed by atoms with Crippen molar-refractivity contribution in [3.8, 4) is 0 Å². The van der Waals surface area contributed by atoms with E-state index in [1.807, 2.05) is 18.2 Å². The molecule has 1 N–H and O–H groups in total. The molecule has 2 atom stereocenters. The summed E-state index contributed by atoms with van der Waals surface area (Å²) in [4.78, 5) is 9.61. The molecule has 0 radical (unpaired) electrons. The predicted octanol–water partition coefficient (Wildman–Crippen LogP) is 3.23. The van der Waals surface area contributed by atoms with Gasteiger partial charge in [-0.05, 0) is 51.1 Å². The molecule has 2 aliphatic rings. The van der Waals surface area contributed by atoms with Crippen molar-refractivity contribution in [3.05, 3.63) is 23.2 Å². The molecule has 23 heavy (non-hydrogen) atoms. The smallest absolute Gasteiger partial charge is 0.186 e. The number of hydrogen-bond donors (Lipinski definition) is 1. The molecule has 2 aromatic rings. The Bertz CT molecular complexity index is 721. The summed E-state index contributed by atoms with van der Waals surface area (Å²) >= 11 is 7.81. The van der Waals surface area contributed by atoms with Crippen molar-refractivity contribution in [2.75, 3.05) is 38.2 Å². The highest BCUT2D eigenvalue weighted by Crippen LogP contribution is 2.43. The molecule has 0 amide bonds. The van der Waals surface area contributed by atoms with Gasteiger partial charge in [0.1, 0.15) is 0 Å². The van der Waals surface area contributed by atoms with Crippen LogP contribution in [0.15, 0.2) is 18.2 Å². The van der Waals surface area contributed by atoms with Gasteiger partial charge < -0.3 is 14.9 Å². The lowest BCUT2D eigenvalue weighted by molar-refractivity contribution is -0.0276. The Balaban J connectivity index is 1.62. The Kier molecular flexibility index (Phi) is 4.00. The normalized spacial score (nSPS) is 29.0. The standard InChI is InChI=1S/C17H22ClN3OS/c1-20-7-2-5-17(11-22)6-8-21(10-15(17)20)16-19-13-4-3-12(18)9-14(13)23-16/h3-4,9,15,22H,2,5-8,10-11H2,1H3/t15-,17-/m1/s1. The largest absolute Gasteiger partial charge is 0.396 e. The van der Waals surface area contributed by atoms with Gasteiger partial charge in [-0.2, -0.15) is 0 Å². The van der Waals surface area contributed by atoms with Gasteiger partial charge >= 0.3 is 0 Å². The Morgan fingerprint density at radius 1 is 1.39 bits per heavy atom. The number of likely N-dealkylation sites (N-methyl/N-ethyl adjacent to an activating group) is 1. The van der Waals surface area contributed by atoms with Crippen LogP contribution in [0.1, 0.15) is 19.3 Å². The molecule has 124 valence electrons. The van der Waals surface area contributed by atoms with E-state index in [9.17, 15) is 5.11 Å². The maximum Gasteiger partial charge on any atom is 0.186 e. The average molecular weight is 352 g/mol. The number of piperidine rings is 2. The molecule has 6 heteroatoms. The molecule has 2 fully saturated rings. The summed E-state index contributed by atoms with van der Waals surface area (Å²) in [5.41, 5.74) is 1.09. The number of nitrogens with zero attached hydrogens (tertiary/aromatic N) is 3. The van der Waals surface area contributed by atoms with Gasteiger partial charge in [0, 0.05) is 29.6 Å². The van der Waals surface area contributed by atoms with E-state index in [1.165, 1.54) is 6.42 Å². The summed E-state index contributed by atoms with van der Waals surface area (Å²) < 4.78 is 1.14. The molecule has 4 rings (SSSR count). The minimum Gasteiger partial charge on any atom is -0.396 e. The molecule has 3 heterocycles. The van der Waals surface area contributed by atoms with Crippen molar-refractivity contribution < 1.29 is 5.11 Å². The fourth-order valence-electron chi connectivity index (χ4n) is 4.21. The highest BCUT2D eigenvalue weighted by molar-refractivity contribution is 7.22. The number of hydrogen-bond acceptors (Lipinski definition) is 5. The van der Waals surface area contributed by atoms with Crippen LogP contribution in [0, 0.1) is 5.41 Å². The first kappa shape index (κ1) is 15.6. The van der Waals surface area contributed by atoms with Gasteiger partial charge in [0.25, 0.3) is 0 Å². The molecule has 0 aliphatic carbocycles. The van der Waals surface area contributed by atoms with Crippen LogP contribution in [0.3, 0.4) is 0 Å². The Labute approximate surface area is 145 Å². The van der Waals surface area contributed by atoms with Crippen LogP contribution in [0.2, 0.25) is 5.02 Å². The first-order valence-corrected chi connectivity index (χ1v) is 9.43. The van der Waals surface area contributed by atoms with Gasteiger partial charge in [-0.15, -0.1) is 0 Å². The monoisotopic (exact) mass is 351 g/mol. The number of benzene rings is 1. The highest BCUT2D eigenvalue weighted by atomic mass is 35.5. The molecular formula is C17H22ClN3OS. The summed E-state index contributed by atoms with van der Waals surface area (Å²) in [5, 5.41) is 11.9. The Morgan fingerprint density at radius 3 is 3.09 bits per heavy atom. The van der Waals surface area contributed by atoms with Crippen molar-refractivity contribution >= 4 is 38.3 Å². The number of aromatic nitrogens is 1. The third kappa shape index (κ3) is 2.64. The molecule has 2 aliphatic heterocycles. The number of rotatable bonds is 2. The predicted molar refractivity (Wildman–Crippen MR) is 96.6 cm³/mol. The van der Waals surface area contributed by atoms with Crippen LogP contribution in [-0.2, 0) is 0 Å². The minimum absolute atomic E-state index is 0.0729. The topological polar surface area (TPSA) is 39.6 Å². The van der Waals surface area contributed by atoms with Crippen molar-refractivity contribution in [3.63, 3.8) is 0 Å². The van der Waals surface area contributed by atoms with E-state index in [2.05, 4.69) is 16.8 Å². The zero-order chi connectivity index (χ0) is 16.0. The molecule has 1 aromatic carbocycles. The zero-order valence-corrected chi connectivity index (χ0v) is 14.9. The third-order valence-electron chi connectivity index (χ3n) is 5.62. The fourth-order valence-corrected chi connectivity index (χ4v) is 5.49. The lowest BCUT2D eigenvalue weighted by atomic mass is 9.69. The molecular weight excluding hydrogens is 330 g/mol.